The van der Waals surface area contributed by atoms with Crippen molar-refractivity contribution >= 4 is 0 Å². The monoisotopic (exact) mass is 288 g/mol. The number of rotatable bonds is 2. The van der Waals surface area contributed by atoms with Crippen molar-refractivity contribution in [3.05, 3.63) is 83.0 Å². The molecule has 22 heavy (non-hydrogen) atoms. The molecule has 0 nitrogen and oxygen atoms in total. The Labute approximate surface area is 133 Å². The van der Waals surface area contributed by atoms with Crippen LogP contribution in [0.5, 0.6) is 0 Å². The first kappa shape index (κ1) is 13.8. The number of allylic oxidation sites excluding steroid dienone is 8. The van der Waals surface area contributed by atoms with E-state index in [1.165, 1.54) is 49.7 Å². The third-order valence-electron chi connectivity index (χ3n) is 5.44. The maximum Gasteiger partial charge on any atom is 0.0275 e. The first-order valence-electron chi connectivity index (χ1n) is 8.75. The van der Waals surface area contributed by atoms with Gasteiger partial charge in [0.1, 0.15) is 0 Å². The molecule has 0 aromatic heterocycles. The highest BCUT2D eigenvalue weighted by Crippen LogP contribution is 2.43. The molecular weight excluding hydrogens is 264 g/mol. The molecule has 0 aliphatic heterocycles. The van der Waals surface area contributed by atoms with E-state index in [4.69, 9.17) is 0 Å². The predicted octanol–water partition coefficient (Wildman–Crippen LogP) is 6.10. The Morgan fingerprint density at radius 2 is 1.68 bits per heavy atom. The van der Waals surface area contributed by atoms with E-state index in [9.17, 15) is 0 Å². The third kappa shape index (κ3) is 2.63. The van der Waals surface area contributed by atoms with Gasteiger partial charge in [-0.05, 0) is 41.9 Å². The Morgan fingerprint density at radius 1 is 0.864 bits per heavy atom. The van der Waals surface area contributed by atoms with Crippen molar-refractivity contribution in [3.8, 4) is 0 Å². The van der Waals surface area contributed by atoms with E-state index < -0.39 is 0 Å². The van der Waals surface area contributed by atoms with Crippen LogP contribution in [0.3, 0.4) is 0 Å². The molecule has 1 unspecified atom stereocenters. The lowest BCUT2D eigenvalue weighted by molar-refractivity contribution is 0.399. The van der Waals surface area contributed by atoms with E-state index in [-0.39, 0.29) is 0 Å². The van der Waals surface area contributed by atoms with Gasteiger partial charge >= 0.3 is 0 Å². The number of benzene rings is 1. The second-order valence-corrected chi connectivity index (χ2v) is 6.84. The zero-order valence-corrected chi connectivity index (χ0v) is 13.2. The Kier molecular flexibility index (Phi) is 3.84. The van der Waals surface area contributed by atoms with Gasteiger partial charge in [-0.3, -0.25) is 0 Å². The van der Waals surface area contributed by atoms with E-state index >= 15 is 0 Å². The van der Waals surface area contributed by atoms with Crippen LogP contribution in [0, 0.1) is 5.92 Å². The van der Waals surface area contributed by atoms with E-state index in [1.54, 1.807) is 11.1 Å². The molecule has 0 radical (unpaired) electrons. The summed E-state index contributed by atoms with van der Waals surface area (Å²) in [6.07, 6.45) is 19.9. The van der Waals surface area contributed by atoms with E-state index in [0.29, 0.717) is 5.92 Å². The quantitative estimate of drug-likeness (QED) is 0.616. The molecule has 0 bridgehead atoms. The molecule has 0 saturated heterocycles. The molecule has 0 spiro atoms. The van der Waals surface area contributed by atoms with E-state index in [0.717, 1.165) is 5.92 Å². The van der Waals surface area contributed by atoms with Crippen molar-refractivity contribution in [1.82, 2.24) is 0 Å². The smallest absolute Gasteiger partial charge is 0.0275 e. The van der Waals surface area contributed by atoms with E-state index in [1.807, 2.05) is 0 Å². The molecule has 4 rings (SSSR count). The van der Waals surface area contributed by atoms with Crippen molar-refractivity contribution in [1.29, 1.82) is 0 Å². The van der Waals surface area contributed by atoms with Crippen molar-refractivity contribution in [2.45, 2.75) is 44.4 Å². The average Bonchev–Trinajstić information content (AvgIpc) is 2.91. The minimum Gasteiger partial charge on any atom is -0.0726 e. The van der Waals surface area contributed by atoms with Crippen LogP contribution < -0.4 is 0 Å². The van der Waals surface area contributed by atoms with Gasteiger partial charge in [-0.25, -0.2) is 0 Å². The molecular formula is C22H24. The summed E-state index contributed by atoms with van der Waals surface area (Å²) < 4.78 is 0. The molecule has 1 saturated carbocycles. The van der Waals surface area contributed by atoms with Crippen molar-refractivity contribution in [2.24, 2.45) is 5.92 Å². The standard InChI is InChI=1S/C22H24/c1-3-9-17(10-4-1)20-15-19-13-7-8-14-21(22(19)16-20)18-11-5-2-6-12-18/h2,5-8,11-14,16-17,21H,1,3-4,9-10,15H2. The molecule has 112 valence electrons. The van der Waals surface area contributed by atoms with Gasteiger partial charge in [0, 0.05) is 5.92 Å². The lowest BCUT2D eigenvalue weighted by atomic mass is 9.82. The van der Waals surface area contributed by atoms with Gasteiger partial charge in [0.2, 0.25) is 0 Å². The van der Waals surface area contributed by atoms with Gasteiger partial charge in [-0.1, -0.05) is 85.5 Å². The lowest BCUT2D eigenvalue weighted by Gasteiger charge is -2.23. The van der Waals surface area contributed by atoms with Gasteiger partial charge in [-0.15, -0.1) is 0 Å². The molecule has 3 aliphatic rings. The summed E-state index contributed by atoms with van der Waals surface area (Å²) in [7, 11) is 0. The zero-order chi connectivity index (χ0) is 14.8. The third-order valence-corrected chi connectivity index (χ3v) is 5.44. The van der Waals surface area contributed by atoms with Crippen LogP contribution in [0.15, 0.2) is 77.4 Å². The molecule has 1 aromatic carbocycles. The summed E-state index contributed by atoms with van der Waals surface area (Å²) in [5.74, 6) is 1.27. The number of hydrogen-bond donors (Lipinski definition) is 0. The summed E-state index contributed by atoms with van der Waals surface area (Å²) in [5.41, 5.74) is 6.19. The Morgan fingerprint density at radius 3 is 2.50 bits per heavy atom. The van der Waals surface area contributed by atoms with Crippen LogP contribution in [0.4, 0.5) is 0 Å². The van der Waals surface area contributed by atoms with Gasteiger partial charge in [0.25, 0.3) is 0 Å². The summed E-state index contributed by atoms with van der Waals surface area (Å²) >= 11 is 0. The van der Waals surface area contributed by atoms with Crippen molar-refractivity contribution in [3.63, 3.8) is 0 Å². The lowest BCUT2D eigenvalue weighted by Crippen LogP contribution is -2.08. The van der Waals surface area contributed by atoms with Crippen molar-refractivity contribution < 1.29 is 0 Å². The predicted molar refractivity (Wildman–Crippen MR) is 93.8 cm³/mol. The highest BCUT2D eigenvalue weighted by atomic mass is 14.3. The SMILES string of the molecule is C1=CC2=C(C=C(C3CCCCC3)C2)C(c2ccccc2)C=C1. The van der Waals surface area contributed by atoms with Gasteiger partial charge in [-0.2, -0.15) is 0 Å². The fraction of sp³-hybridized carbons (Fsp3) is 0.364. The van der Waals surface area contributed by atoms with Crippen molar-refractivity contribution in [2.75, 3.05) is 0 Å². The van der Waals surface area contributed by atoms with Gasteiger partial charge in [0.15, 0.2) is 0 Å². The van der Waals surface area contributed by atoms with Gasteiger partial charge in [0.05, 0.1) is 0 Å². The first-order chi connectivity index (χ1) is 10.9. The highest BCUT2D eigenvalue weighted by molar-refractivity contribution is 5.54. The topological polar surface area (TPSA) is 0 Å². The van der Waals surface area contributed by atoms with Gasteiger partial charge < -0.3 is 0 Å². The Hall–Kier alpha value is -1.82. The van der Waals surface area contributed by atoms with Crippen LogP contribution >= 0.6 is 0 Å². The molecule has 1 fully saturated rings. The molecule has 1 atom stereocenters. The summed E-state index contributed by atoms with van der Waals surface area (Å²) in [4.78, 5) is 0. The highest BCUT2D eigenvalue weighted by Gasteiger charge is 2.27. The van der Waals surface area contributed by atoms with Crippen LogP contribution in [0.25, 0.3) is 0 Å². The van der Waals surface area contributed by atoms with E-state index in [2.05, 4.69) is 60.7 Å². The molecule has 0 heterocycles. The maximum atomic E-state index is 2.54. The Balaban J connectivity index is 1.66. The van der Waals surface area contributed by atoms with Crippen LogP contribution in [-0.2, 0) is 0 Å². The zero-order valence-electron chi connectivity index (χ0n) is 13.2. The minimum atomic E-state index is 0.423. The summed E-state index contributed by atoms with van der Waals surface area (Å²) in [5, 5.41) is 0. The summed E-state index contributed by atoms with van der Waals surface area (Å²) in [6, 6.07) is 10.9. The normalized spacial score (nSPS) is 25.1. The second kappa shape index (κ2) is 6.12. The van der Waals surface area contributed by atoms with Crippen LogP contribution in [-0.4, -0.2) is 0 Å². The number of hydrogen-bond acceptors (Lipinski definition) is 0. The molecule has 0 amide bonds. The fourth-order valence-electron chi connectivity index (χ4n) is 4.25. The molecule has 0 heteroatoms. The van der Waals surface area contributed by atoms with Crippen LogP contribution in [0.1, 0.15) is 50.0 Å². The van der Waals surface area contributed by atoms with Crippen LogP contribution in [0.2, 0.25) is 0 Å². The molecule has 3 aliphatic carbocycles. The minimum absolute atomic E-state index is 0.423. The maximum absolute atomic E-state index is 2.54. The largest absolute Gasteiger partial charge is 0.0726 e. The second-order valence-electron chi connectivity index (χ2n) is 6.84. The molecule has 1 aromatic rings. The Bertz CT molecular complexity index is 649. The summed E-state index contributed by atoms with van der Waals surface area (Å²) in [6.45, 7) is 0. The average molecular weight is 288 g/mol. The molecule has 0 N–H and O–H groups in total. The fourth-order valence-corrected chi connectivity index (χ4v) is 4.25. The first-order valence-corrected chi connectivity index (χ1v) is 8.75.